The fourth-order valence-electron chi connectivity index (χ4n) is 3.38. The van der Waals surface area contributed by atoms with Crippen molar-refractivity contribution < 1.29 is 29.0 Å². The van der Waals surface area contributed by atoms with Crippen LogP contribution in [0.25, 0.3) is 0 Å². The van der Waals surface area contributed by atoms with Crippen molar-refractivity contribution in [1.29, 1.82) is 0 Å². The quantitative estimate of drug-likeness (QED) is 0.358. The highest BCUT2D eigenvalue weighted by Gasteiger charge is 2.45. The van der Waals surface area contributed by atoms with E-state index in [2.05, 4.69) is 0 Å². The molecule has 2 aliphatic heterocycles. The van der Waals surface area contributed by atoms with Crippen molar-refractivity contribution >= 4 is 18.0 Å². The van der Waals surface area contributed by atoms with Crippen molar-refractivity contribution in [2.75, 3.05) is 0 Å². The van der Waals surface area contributed by atoms with Crippen LogP contribution in [0.2, 0.25) is 0 Å². The van der Waals surface area contributed by atoms with E-state index >= 15 is 0 Å². The maximum absolute atomic E-state index is 12.8. The van der Waals surface area contributed by atoms with Gasteiger partial charge < -0.3 is 14.6 Å². The molecule has 1 aliphatic carbocycles. The van der Waals surface area contributed by atoms with Gasteiger partial charge in [-0.05, 0) is 37.6 Å². The Balaban J connectivity index is 2.07. The van der Waals surface area contributed by atoms with Crippen molar-refractivity contribution in [2.24, 2.45) is 5.92 Å². The predicted molar refractivity (Wildman–Crippen MR) is 92.8 cm³/mol. The maximum Gasteiger partial charge on any atom is 0.338 e. The third-order valence-corrected chi connectivity index (χ3v) is 4.52. The standard InChI is InChI=1S/C20H20O6/c1-12-11-13(22)6-7-14-15(23)8-9-17-18(14)19(20(24)25-12)16(26-17)5-3-2-4-10-21/h2-5,7-10,12-13,17-18,22H,6,11H2,1H3/b4-2+,5-3+,14-7-/t12-,13-,17-,18+/m0/s1. The van der Waals surface area contributed by atoms with Gasteiger partial charge >= 0.3 is 5.97 Å². The summed E-state index contributed by atoms with van der Waals surface area (Å²) < 4.78 is 11.3. The molecule has 2 heterocycles. The van der Waals surface area contributed by atoms with Crippen molar-refractivity contribution in [3.8, 4) is 0 Å². The summed E-state index contributed by atoms with van der Waals surface area (Å²) in [5, 5.41) is 10.1. The molecule has 3 rings (SSSR count). The van der Waals surface area contributed by atoms with Gasteiger partial charge in [0, 0.05) is 12.0 Å². The topological polar surface area (TPSA) is 89.9 Å². The molecular formula is C20H20O6. The number of hydrogen-bond acceptors (Lipinski definition) is 6. The van der Waals surface area contributed by atoms with Crippen LogP contribution in [0, 0.1) is 5.92 Å². The Morgan fingerprint density at radius 1 is 1.19 bits per heavy atom. The smallest absolute Gasteiger partial charge is 0.338 e. The zero-order valence-electron chi connectivity index (χ0n) is 14.3. The fraction of sp³-hybridized carbons (Fsp3) is 0.350. The lowest BCUT2D eigenvalue weighted by molar-refractivity contribution is -0.145. The number of carbonyl (C=O) groups excluding carboxylic acids is 3. The molecule has 0 unspecified atom stereocenters. The van der Waals surface area contributed by atoms with E-state index in [-0.39, 0.29) is 17.8 Å². The molecule has 3 aliphatic rings. The van der Waals surface area contributed by atoms with E-state index in [4.69, 9.17) is 9.47 Å². The number of aliphatic hydroxyl groups is 1. The van der Waals surface area contributed by atoms with Crippen molar-refractivity contribution in [2.45, 2.75) is 38.1 Å². The minimum atomic E-state index is -0.692. The average Bonchev–Trinajstić information content (AvgIpc) is 2.95. The summed E-state index contributed by atoms with van der Waals surface area (Å²) in [6.45, 7) is 1.72. The predicted octanol–water partition coefficient (Wildman–Crippen LogP) is 1.72. The second-order valence-corrected chi connectivity index (χ2v) is 6.44. The Labute approximate surface area is 151 Å². The first kappa shape index (κ1) is 18.1. The number of rotatable bonds is 3. The van der Waals surface area contributed by atoms with Crippen LogP contribution < -0.4 is 0 Å². The van der Waals surface area contributed by atoms with Crippen LogP contribution in [-0.4, -0.2) is 41.5 Å². The second-order valence-electron chi connectivity index (χ2n) is 6.44. The number of esters is 1. The molecular weight excluding hydrogens is 336 g/mol. The van der Waals surface area contributed by atoms with Crippen LogP contribution in [0.4, 0.5) is 0 Å². The first-order valence-electron chi connectivity index (χ1n) is 8.52. The normalized spacial score (nSPS) is 33.7. The summed E-state index contributed by atoms with van der Waals surface area (Å²) in [6, 6.07) is 0. The lowest BCUT2D eigenvalue weighted by Crippen LogP contribution is -2.32. The minimum Gasteiger partial charge on any atom is -0.485 e. The molecule has 6 heteroatoms. The van der Waals surface area contributed by atoms with E-state index in [0.29, 0.717) is 24.0 Å². The summed E-state index contributed by atoms with van der Waals surface area (Å²) in [4.78, 5) is 35.5. The van der Waals surface area contributed by atoms with Gasteiger partial charge in [0.1, 0.15) is 24.3 Å². The van der Waals surface area contributed by atoms with Crippen molar-refractivity contribution in [3.63, 3.8) is 0 Å². The van der Waals surface area contributed by atoms with Gasteiger partial charge in [0.05, 0.1) is 17.6 Å². The average molecular weight is 356 g/mol. The minimum absolute atomic E-state index is 0.202. The molecule has 0 saturated heterocycles. The van der Waals surface area contributed by atoms with Crippen molar-refractivity contribution in [1.82, 2.24) is 0 Å². The van der Waals surface area contributed by atoms with E-state index in [1.165, 1.54) is 18.2 Å². The van der Waals surface area contributed by atoms with Crippen LogP contribution in [-0.2, 0) is 23.9 Å². The number of cyclic esters (lactones) is 1. The van der Waals surface area contributed by atoms with Gasteiger partial charge in [-0.2, -0.15) is 0 Å². The highest BCUT2D eigenvalue weighted by molar-refractivity contribution is 6.08. The second kappa shape index (κ2) is 7.66. The molecule has 0 aromatic carbocycles. The first-order valence-corrected chi connectivity index (χ1v) is 8.52. The van der Waals surface area contributed by atoms with Crippen LogP contribution in [0.5, 0.6) is 0 Å². The van der Waals surface area contributed by atoms with E-state index in [1.807, 2.05) is 0 Å². The van der Waals surface area contributed by atoms with Gasteiger partial charge in [-0.25, -0.2) is 4.79 Å². The molecule has 0 aromatic rings. The van der Waals surface area contributed by atoms with Gasteiger partial charge in [-0.15, -0.1) is 0 Å². The zero-order valence-corrected chi connectivity index (χ0v) is 14.3. The summed E-state index contributed by atoms with van der Waals surface area (Å²) in [5.74, 6) is -1.01. The number of ether oxygens (including phenoxy) is 2. The Bertz CT molecular complexity index is 767. The van der Waals surface area contributed by atoms with Gasteiger partial charge in [0.25, 0.3) is 0 Å². The first-order chi connectivity index (χ1) is 12.5. The van der Waals surface area contributed by atoms with Crippen LogP contribution >= 0.6 is 0 Å². The molecule has 6 nitrogen and oxygen atoms in total. The van der Waals surface area contributed by atoms with Gasteiger partial charge in [-0.3, -0.25) is 9.59 Å². The Morgan fingerprint density at radius 2 is 2.00 bits per heavy atom. The zero-order chi connectivity index (χ0) is 18.7. The third kappa shape index (κ3) is 3.60. The molecule has 1 N–H and O–H groups in total. The molecule has 136 valence electrons. The summed E-state index contributed by atoms with van der Waals surface area (Å²) in [7, 11) is 0. The van der Waals surface area contributed by atoms with Crippen molar-refractivity contribution in [3.05, 3.63) is 59.4 Å². The molecule has 0 amide bonds. The molecule has 26 heavy (non-hydrogen) atoms. The van der Waals surface area contributed by atoms with Gasteiger partial charge in [0.15, 0.2) is 5.78 Å². The van der Waals surface area contributed by atoms with E-state index in [9.17, 15) is 19.5 Å². The number of allylic oxidation sites excluding steroid dienone is 5. The fourth-order valence-corrected chi connectivity index (χ4v) is 3.38. The monoisotopic (exact) mass is 356 g/mol. The van der Waals surface area contributed by atoms with Gasteiger partial charge in [0.2, 0.25) is 0 Å². The van der Waals surface area contributed by atoms with Crippen LogP contribution in [0.1, 0.15) is 19.8 Å². The molecule has 0 aromatic heterocycles. The highest BCUT2D eigenvalue weighted by Crippen LogP contribution is 2.41. The SMILES string of the molecule is C[C@H]1C[C@@H](O)C/C=C2/C(=O)C=C[C@@H]3OC(/C=C/C=C/C=O)=C(C(=O)O1)[C@H]23. The number of ketones is 1. The van der Waals surface area contributed by atoms with Crippen LogP contribution in [0.15, 0.2) is 59.4 Å². The molecule has 4 atom stereocenters. The maximum atomic E-state index is 12.8. The Hall–Kier alpha value is -2.73. The third-order valence-electron chi connectivity index (χ3n) is 4.52. The number of aldehydes is 1. The molecule has 0 bridgehead atoms. The summed E-state index contributed by atoms with van der Waals surface area (Å²) in [5.41, 5.74) is 0.725. The van der Waals surface area contributed by atoms with Crippen LogP contribution in [0.3, 0.4) is 0 Å². The van der Waals surface area contributed by atoms with E-state index < -0.39 is 30.2 Å². The molecule has 0 saturated carbocycles. The lowest BCUT2D eigenvalue weighted by atomic mass is 9.80. The lowest BCUT2D eigenvalue weighted by Gasteiger charge is -2.26. The summed E-state index contributed by atoms with van der Waals surface area (Å²) in [6.07, 6.45) is 10.4. The van der Waals surface area contributed by atoms with E-state index in [0.717, 1.165) is 0 Å². The molecule has 0 fully saturated rings. The van der Waals surface area contributed by atoms with E-state index in [1.54, 1.807) is 31.2 Å². The Morgan fingerprint density at radius 3 is 2.77 bits per heavy atom. The van der Waals surface area contributed by atoms with Gasteiger partial charge in [-0.1, -0.05) is 18.2 Å². The Kier molecular flexibility index (Phi) is 5.32. The number of hydrogen-bond donors (Lipinski definition) is 1. The largest absolute Gasteiger partial charge is 0.485 e. The molecule has 0 spiro atoms. The summed E-state index contributed by atoms with van der Waals surface area (Å²) >= 11 is 0. The number of carbonyl (C=O) groups is 3. The number of aliphatic hydroxyl groups excluding tert-OH is 1. The molecule has 0 radical (unpaired) electrons. The highest BCUT2D eigenvalue weighted by atomic mass is 16.5.